The minimum absolute atomic E-state index is 0.0840. The standard InChI is InChI=1S/C14H19BrN2O7S/c1-23-7-6-16-13(19)9-24-14(20)12(8-18)17-25(21,22)11-4-2-10(15)3-5-11/h2-5,12,17-18H,6-9H2,1H3,(H,16,19). The number of benzene rings is 1. The van der Waals surface area contributed by atoms with Crippen LogP contribution in [0.1, 0.15) is 0 Å². The van der Waals surface area contributed by atoms with Crippen LogP contribution in [0.25, 0.3) is 0 Å². The summed E-state index contributed by atoms with van der Waals surface area (Å²) >= 11 is 3.18. The van der Waals surface area contributed by atoms with Gasteiger partial charge in [-0.05, 0) is 24.3 Å². The lowest BCUT2D eigenvalue weighted by atomic mass is 10.3. The van der Waals surface area contributed by atoms with Gasteiger partial charge in [0.25, 0.3) is 5.91 Å². The normalized spacial score (nSPS) is 12.4. The molecule has 1 aromatic carbocycles. The second-order valence-corrected chi connectivity index (χ2v) is 7.39. The monoisotopic (exact) mass is 438 g/mol. The van der Waals surface area contributed by atoms with Crippen molar-refractivity contribution in [2.75, 3.05) is 33.5 Å². The number of carbonyl (C=O) groups is 2. The minimum atomic E-state index is -4.04. The van der Waals surface area contributed by atoms with Crippen LogP contribution >= 0.6 is 15.9 Å². The number of amides is 1. The smallest absolute Gasteiger partial charge is 0.327 e. The Kier molecular flexibility index (Phi) is 9.00. The zero-order valence-electron chi connectivity index (χ0n) is 13.4. The third-order valence-electron chi connectivity index (χ3n) is 2.86. The first-order chi connectivity index (χ1) is 11.8. The number of nitrogens with one attached hydrogen (secondary N) is 2. The van der Waals surface area contributed by atoms with Crippen molar-refractivity contribution in [3.8, 4) is 0 Å². The molecule has 25 heavy (non-hydrogen) atoms. The molecule has 1 atom stereocenters. The van der Waals surface area contributed by atoms with Crippen molar-refractivity contribution in [2.45, 2.75) is 10.9 Å². The maximum atomic E-state index is 12.2. The van der Waals surface area contributed by atoms with Crippen LogP contribution in [-0.4, -0.2) is 64.9 Å². The van der Waals surface area contributed by atoms with Crippen molar-refractivity contribution in [3.05, 3.63) is 28.7 Å². The van der Waals surface area contributed by atoms with Crippen molar-refractivity contribution in [1.29, 1.82) is 0 Å². The molecule has 1 rings (SSSR count). The molecule has 0 aliphatic rings. The highest BCUT2D eigenvalue weighted by molar-refractivity contribution is 9.10. The van der Waals surface area contributed by atoms with Gasteiger partial charge in [0.1, 0.15) is 6.04 Å². The van der Waals surface area contributed by atoms with E-state index in [1.165, 1.54) is 31.4 Å². The molecule has 0 radical (unpaired) electrons. The molecule has 140 valence electrons. The van der Waals surface area contributed by atoms with Gasteiger partial charge in [-0.15, -0.1) is 0 Å². The van der Waals surface area contributed by atoms with E-state index in [4.69, 9.17) is 9.47 Å². The summed E-state index contributed by atoms with van der Waals surface area (Å²) in [7, 11) is -2.57. The SMILES string of the molecule is COCCNC(=O)COC(=O)C(CO)NS(=O)(=O)c1ccc(Br)cc1. The summed E-state index contributed by atoms with van der Waals surface area (Å²) in [5.41, 5.74) is 0. The van der Waals surface area contributed by atoms with Gasteiger partial charge in [0, 0.05) is 18.1 Å². The molecule has 9 nitrogen and oxygen atoms in total. The van der Waals surface area contributed by atoms with Crippen molar-refractivity contribution in [2.24, 2.45) is 0 Å². The number of hydrogen-bond acceptors (Lipinski definition) is 7. The number of rotatable bonds is 10. The van der Waals surface area contributed by atoms with Crippen LogP contribution in [0.5, 0.6) is 0 Å². The molecule has 1 unspecified atom stereocenters. The molecule has 1 amide bonds. The lowest BCUT2D eigenvalue weighted by Gasteiger charge is -2.15. The highest BCUT2D eigenvalue weighted by Gasteiger charge is 2.26. The Morgan fingerprint density at radius 1 is 1.28 bits per heavy atom. The number of esters is 1. The highest BCUT2D eigenvalue weighted by atomic mass is 79.9. The van der Waals surface area contributed by atoms with Crippen molar-refractivity contribution in [1.82, 2.24) is 10.0 Å². The van der Waals surface area contributed by atoms with E-state index in [1.807, 2.05) is 4.72 Å². The predicted octanol–water partition coefficient (Wildman–Crippen LogP) is -0.606. The largest absolute Gasteiger partial charge is 0.454 e. The van der Waals surface area contributed by atoms with Crippen molar-refractivity contribution in [3.63, 3.8) is 0 Å². The Hall–Kier alpha value is -1.53. The maximum Gasteiger partial charge on any atom is 0.327 e. The molecule has 0 bridgehead atoms. The summed E-state index contributed by atoms with van der Waals surface area (Å²) in [6, 6.07) is 4.17. The van der Waals surface area contributed by atoms with Gasteiger partial charge in [-0.2, -0.15) is 4.72 Å². The Bertz CT molecular complexity index is 679. The number of halogens is 1. The number of ether oxygens (including phenoxy) is 2. The second-order valence-electron chi connectivity index (χ2n) is 4.76. The van der Waals surface area contributed by atoms with Crippen LogP contribution in [-0.2, 0) is 29.1 Å². The topological polar surface area (TPSA) is 131 Å². The minimum Gasteiger partial charge on any atom is -0.454 e. The average Bonchev–Trinajstić information content (AvgIpc) is 2.58. The van der Waals surface area contributed by atoms with E-state index >= 15 is 0 Å². The molecule has 1 aromatic rings. The summed E-state index contributed by atoms with van der Waals surface area (Å²) in [5.74, 6) is -1.64. The number of hydrogen-bond donors (Lipinski definition) is 3. The van der Waals surface area contributed by atoms with Crippen LogP contribution in [0.4, 0.5) is 0 Å². The molecule has 0 spiro atoms. The molecular formula is C14H19BrN2O7S. The summed E-state index contributed by atoms with van der Waals surface area (Å²) < 4.78 is 36.5. The Labute approximate surface area is 153 Å². The lowest BCUT2D eigenvalue weighted by molar-refractivity contribution is -0.151. The van der Waals surface area contributed by atoms with Crippen LogP contribution in [0.3, 0.4) is 0 Å². The number of aliphatic hydroxyl groups excluding tert-OH is 1. The summed E-state index contributed by atoms with van der Waals surface area (Å²) in [6.45, 7) is -0.878. The van der Waals surface area contributed by atoms with E-state index in [0.29, 0.717) is 11.1 Å². The van der Waals surface area contributed by atoms with E-state index in [1.54, 1.807) is 0 Å². The Morgan fingerprint density at radius 3 is 2.48 bits per heavy atom. The number of aliphatic hydroxyl groups is 1. The lowest BCUT2D eigenvalue weighted by Crippen LogP contribution is -2.45. The van der Waals surface area contributed by atoms with Gasteiger partial charge in [0.15, 0.2) is 6.61 Å². The molecular weight excluding hydrogens is 420 g/mol. The number of carbonyl (C=O) groups excluding carboxylic acids is 2. The highest BCUT2D eigenvalue weighted by Crippen LogP contribution is 2.14. The maximum absolute atomic E-state index is 12.2. The van der Waals surface area contributed by atoms with Gasteiger partial charge in [0.2, 0.25) is 10.0 Å². The van der Waals surface area contributed by atoms with E-state index in [0.717, 1.165) is 0 Å². The van der Waals surface area contributed by atoms with Gasteiger partial charge in [0.05, 0.1) is 18.1 Å². The molecule has 0 aliphatic carbocycles. The summed E-state index contributed by atoms with van der Waals surface area (Å²) in [6.07, 6.45) is 0. The zero-order chi connectivity index (χ0) is 18.9. The molecule has 0 saturated heterocycles. The van der Waals surface area contributed by atoms with Gasteiger partial charge >= 0.3 is 5.97 Å². The quantitative estimate of drug-likeness (QED) is 0.328. The van der Waals surface area contributed by atoms with Crippen molar-refractivity contribution < 1.29 is 32.6 Å². The second kappa shape index (κ2) is 10.5. The van der Waals surface area contributed by atoms with E-state index in [9.17, 15) is 23.1 Å². The third kappa shape index (κ3) is 7.48. The average molecular weight is 439 g/mol. The Balaban J connectivity index is 2.61. The summed E-state index contributed by atoms with van der Waals surface area (Å²) in [5, 5.41) is 11.7. The first-order valence-corrected chi connectivity index (χ1v) is 9.38. The van der Waals surface area contributed by atoms with E-state index in [-0.39, 0.29) is 11.4 Å². The van der Waals surface area contributed by atoms with E-state index < -0.39 is 41.2 Å². The first-order valence-electron chi connectivity index (χ1n) is 7.11. The fraction of sp³-hybridized carbons (Fsp3) is 0.429. The molecule has 11 heteroatoms. The van der Waals surface area contributed by atoms with Gasteiger partial charge in [-0.3, -0.25) is 9.59 Å². The predicted molar refractivity (Wildman–Crippen MR) is 91.2 cm³/mol. The van der Waals surface area contributed by atoms with Crippen LogP contribution in [0.2, 0.25) is 0 Å². The molecule has 0 saturated carbocycles. The molecule has 3 N–H and O–H groups in total. The first kappa shape index (κ1) is 21.5. The number of methoxy groups -OCH3 is 1. The van der Waals surface area contributed by atoms with Gasteiger partial charge < -0.3 is 19.9 Å². The molecule has 0 heterocycles. The van der Waals surface area contributed by atoms with Crippen LogP contribution in [0, 0.1) is 0 Å². The zero-order valence-corrected chi connectivity index (χ0v) is 15.8. The van der Waals surface area contributed by atoms with Gasteiger partial charge in [-0.1, -0.05) is 15.9 Å². The van der Waals surface area contributed by atoms with Crippen LogP contribution < -0.4 is 10.0 Å². The third-order valence-corrected chi connectivity index (χ3v) is 4.88. The molecule has 0 aliphatic heterocycles. The molecule has 0 aromatic heterocycles. The van der Waals surface area contributed by atoms with Crippen molar-refractivity contribution >= 4 is 37.8 Å². The van der Waals surface area contributed by atoms with E-state index in [2.05, 4.69) is 21.2 Å². The Morgan fingerprint density at radius 2 is 1.92 bits per heavy atom. The molecule has 0 fully saturated rings. The number of sulfonamides is 1. The summed E-state index contributed by atoms with van der Waals surface area (Å²) in [4.78, 5) is 23.2. The van der Waals surface area contributed by atoms with Crippen LogP contribution in [0.15, 0.2) is 33.6 Å². The fourth-order valence-electron chi connectivity index (χ4n) is 1.61. The van der Waals surface area contributed by atoms with Gasteiger partial charge in [-0.25, -0.2) is 8.42 Å². The fourth-order valence-corrected chi connectivity index (χ4v) is 3.05.